The zero-order valence-corrected chi connectivity index (χ0v) is 10.2. The van der Waals surface area contributed by atoms with Crippen LogP contribution in [-0.2, 0) is 4.74 Å². The first-order valence-corrected chi connectivity index (χ1v) is 5.29. The summed E-state index contributed by atoms with van der Waals surface area (Å²) in [5.41, 5.74) is 5.82. The molecule has 17 heavy (non-hydrogen) atoms. The SMILES string of the molecule is CCC(OC(N)=O)c1cc(OC)cc(OC)c1. The lowest BCUT2D eigenvalue weighted by molar-refractivity contribution is 0.104. The average Bonchev–Trinajstić information content (AvgIpc) is 2.34. The van der Waals surface area contributed by atoms with Crippen molar-refractivity contribution in [2.45, 2.75) is 19.4 Å². The monoisotopic (exact) mass is 239 g/mol. The van der Waals surface area contributed by atoms with Crippen molar-refractivity contribution in [2.24, 2.45) is 5.73 Å². The van der Waals surface area contributed by atoms with E-state index in [0.717, 1.165) is 5.56 Å². The van der Waals surface area contributed by atoms with Gasteiger partial charge < -0.3 is 19.9 Å². The van der Waals surface area contributed by atoms with Gasteiger partial charge in [0.1, 0.15) is 17.6 Å². The first kappa shape index (κ1) is 13.2. The summed E-state index contributed by atoms with van der Waals surface area (Å²) in [7, 11) is 3.13. The Morgan fingerprint density at radius 1 is 1.24 bits per heavy atom. The van der Waals surface area contributed by atoms with Gasteiger partial charge in [-0.1, -0.05) is 6.92 Å². The summed E-state index contributed by atoms with van der Waals surface area (Å²) in [5, 5.41) is 0. The van der Waals surface area contributed by atoms with Crippen LogP contribution in [0.2, 0.25) is 0 Å². The second-order valence-electron chi connectivity index (χ2n) is 3.48. The number of hydrogen-bond donors (Lipinski definition) is 1. The van der Waals surface area contributed by atoms with Crippen LogP contribution in [0, 0.1) is 0 Å². The van der Waals surface area contributed by atoms with Crippen LogP contribution in [0.25, 0.3) is 0 Å². The minimum atomic E-state index is -0.793. The second-order valence-corrected chi connectivity index (χ2v) is 3.48. The fourth-order valence-corrected chi connectivity index (χ4v) is 1.54. The van der Waals surface area contributed by atoms with Gasteiger partial charge in [0.2, 0.25) is 0 Å². The van der Waals surface area contributed by atoms with Gasteiger partial charge in [0.15, 0.2) is 0 Å². The van der Waals surface area contributed by atoms with E-state index in [4.69, 9.17) is 19.9 Å². The predicted molar refractivity (Wildman–Crippen MR) is 63.2 cm³/mol. The molecule has 1 aromatic carbocycles. The van der Waals surface area contributed by atoms with Crippen LogP contribution in [0.1, 0.15) is 25.0 Å². The number of nitrogens with two attached hydrogens (primary N) is 1. The second kappa shape index (κ2) is 5.98. The number of hydrogen-bond acceptors (Lipinski definition) is 4. The third-order valence-corrected chi connectivity index (χ3v) is 2.37. The van der Waals surface area contributed by atoms with Gasteiger partial charge in [-0.15, -0.1) is 0 Å². The van der Waals surface area contributed by atoms with Crippen LogP contribution in [0.15, 0.2) is 18.2 Å². The number of methoxy groups -OCH3 is 2. The van der Waals surface area contributed by atoms with Crippen LogP contribution in [-0.4, -0.2) is 20.3 Å². The number of carbonyl (C=O) groups excluding carboxylic acids is 1. The zero-order chi connectivity index (χ0) is 12.8. The lowest BCUT2D eigenvalue weighted by Gasteiger charge is -2.16. The van der Waals surface area contributed by atoms with Crippen molar-refractivity contribution < 1.29 is 19.0 Å². The van der Waals surface area contributed by atoms with E-state index < -0.39 is 12.2 Å². The van der Waals surface area contributed by atoms with Gasteiger partial charge in [-0.25, -0.2) is 4.79 Å². The van der Waals surface area contributed by atoms with Gasteiger partial charge in [-0.2, -0.15) is 0 Å². The molecule has 0 saturated carbocycles. The molecule has 0 aromatic heterocycles. The van der Waals surface area contributed by atoms with E-state index in [1.165, 1.54) is 0 Å². The fourth-order valence-electron chi connectivity index (χ4n) is 1.54. The minimum absolute atomic E-state index is 0.392. The van der Waals surface area contributed by atoms with E-state index in [0.29, 0.717) is 17.9 Å². The Labute approximate surface area is 100 Å². The zero-order valence-electron chi connectivity index (χ0n) is 10.2. The molecule has 5 nitrogen and oxygen atoms in total. The summed E-state index contributed by atoms with van der Waals surface area (Å²) in [4.78, 5) is 10.8. The molecule has 2 N–H and O–H groups in total. The Hall–Kier alpha value is -1.91. The fraction of sp³-hybridized carbons (Fsp3) is 0.417. The summed E-state index contributed by atoms with van der Waals surface area (Å²) in [6.45, 7) is 1.90. The highest BCUT2D eigenvalue weighted by molar-refractivity contribution is 5.65. The highest BCUT2D eigenvalue weighted by Crippen LogP contribution is 2.29. The van der Waals surface area contributed by atoms with Crippen LogP contribution in [0.5, 0.6) is 11.5 Å². The first-order valence-electron chi connectivity index (χ1n) is 5.29. The molecule has 0 aliphatic carbocycles. The van der Waals surface area contributed by atoms with E-state index in [1.54, 1.807) is 32.4 Å². The van der Waals surface area contributed by atoms with Crippen molar-refractivity contribution in [3.63, 3.8) is 0 Å². The maximum absolute atomic E-state index is 10.8. The van der Waals surface area contributed by atoms with Gasteiger partial charge in [0.25, 0.3) is 0 Å². The van der Waals surface area contributed by atoms with Crippen molar-refractivity contribution in [2.75, 3.05) is 14.2 Å². The maximum atomic E-state index is 10.8. The van der Waals surface area contributed by atoms with Gasteiger partial charge in [-0.3, -0.25) is 0 Å². The highest BCUT2D eigenvalue weighted by atomic mass is 16.6. The molecule has 0 radical (unpaired) electrons. The molecule has 1 aromatic rings. The molecule has 0 bridgehead atoms. The van der Waals surface area contributed by atoms with Gasteiger partial charge in [0, 0.05) is 6.07 Å². The topological polar surface area (TPSA) is 70.8 Å². The number of rotatable bonds is 5. The molecule has 0 aliphatic heterocycles. The summed E-state index contributed by atoms with van der Waals surface area (Å²) in [6, 6.07) is 5.33. The Balaban J connectivity index is 3.04. The number of amides is 1. The lowest BCUT2D eigenvalue weighted by Crippen LogP contribution is -2.17. The first-order chi connectivity index (χ1) is 8.10. The van der Waals surface area contributed by atoms with Crippen LogP contribution < -0.4 is 15.2 Å². The molecular formula is C12H17NO4. The van der Waals surface area contributed by atoms with Crippen molar-refractivity contribution in [3.8, 4) is 11.5 Å². The molecule has 0 saturated heterocycles. The van der Waals surface area contributed by atoms with Gasteiger partial charge in [-0.05, 0) is 24.1 Å². The maximum Gasteiger partial charge on any atom is 0.405 e. The normalized spacial score (nSPS) is 11.7. The Bertz CT molecular complexity index is 370. The smallest absolute Gasteiger partial charge is 0.405 e. The van der Waals surface area contributed by atoms with E-state index in [-0.39, 0.29) is 0 Å². The molecule has 1 atom stereocenters. The Morgan fingerprint density at radius 3 is 2.12 bits per heavy atom. The predicted octanol–water partition coefficient (Wildman–Crippen LogP) is 2.25. The van der Waals surface area contributed by atoms with Crippen molar-refractivity contribution in [1.29, 1.82) is 0 Å². The van der Waals surface area contributed by atoms with Crippen LogP contribution in [0.3, 0.4) is 0 Å². The standard InChI is InChI=1S/C12H17NO4/c1-4-11(17-12(13)14)8-5-9(15-2)7-10(6-8)16-3/h5-7,11H,4H2,1-3H3,(H2,13,14). The molecule has 1 amide bonds. The molecular weight excluding hydrogens is 222 g/mol. The molecule has 0 heterocycles. The number of primary amides is 1. The lowest BCUT2D eigenvalue weighted by atomic mass is 10.1. The third kappa shape index (κ3) is 3.55. The van der Waals surface area contributed by atoms with Crippen molar-refractivity contribution >= 4 is 6.09 Å². The van der Waals surface area contributed by atoms with E-state index >= 15 is 0 Å². The third-order valence-electron chi connectivity index (χ3n) is 2.37. The quantitative estimate of drug-likeness (QED) is 0.855. The Morgan fingerprint density at radius 2 is 1.76 bits per heavy atom. The van der Waals surface area contributed by atoms with Crippen molar-refractivity contribution in [1.82, 2.24) is 0 Å². The van der Waals surface area contributed by atoms with Gasteiger partial charge in [0.05, 0.1) is 14.2 Å². The van der Waals surface area contributed by atoms with E-state index in [2.05, 4.69) is 0 Å². The molecule has 5 heteroatoms. The number of carbonyl (C=O) groups is 1. The molecule has 0 fully saturated rings. The van der Waals surface area contributed by atoms with Crippen LogP contribution >= 0.6 is 0 Å². The number of ether oxygens (including phenoxy) is 3. The van der Waals surface area contributed by atoms with Crippen LogP contribution in [0.4, 0.5) is 4.79 Å². The molecule has 1 unspecified atom stereocenters. The highest BCUT2D eigenvalue weighted by Gasteiger charge is 2.15. The molecule has 94 valence electrons. The molecule has 0 aliphatic rings. The summed E-state index contributed by atoms with van der Waals surface area (Å²) >= 11 is 0. The largest absolute Gasteiger partial charge is 0.497 e. The summed E-state index contributed by atoms with van der Waals surface area (Å²) in [6.07, 6.45) is -0.561. The summed E-state index contributed by atoms with van der Waals surface area (Å²) in [5.74, 6) is 1.29. The Kier molecular flexibility index (Phi) is 4.63. The van der Waals surface area contributed by atoms with E-state index in [1.807, 2.05) is 6.92 Å². The average molecular weight is 239 g/mol. The minimum Gasteiger partial charge on any atom is -0.497 e. The van der Waals surface area contributed by atoms with Gasteiger partial charge >= 0.3 is 6.09 Å². The molecule has 1 rings (SSSR count). The molecule has 0 spiro atoms. The van der Waals surface area contributed by atoms with E-state index in [9.17, 15) is 4.79 Å². The number of benzene rings is 1. The summed E-state index contributed by atoms with van der Waals surface area (Å²) < 4.78 is 15.3. The van der Waals surface area contributed by atoms with Crippen molar-refractivity contribution in [3.05, 3.63) is 23.8 Å².